The van der Waals surface area contributed by atoms with Crippen LogP contribution in [0, 0.1) is 11.8 Å². The molecule has 3 heteroatoms. The molecule has 0 bridgehead atoms. The molecule has 1 aromatic carbocycles. The van der Waals surface area contributed by atoms with E-state index in [4.69, 9.17) is 0 Å². The van der Waals surface area contributed by atoms with Gasteiger partial charge >= 0.3 is 0 Å². The van der Waals surface area contributed by atoms with E-state index >= 15 is 0 Å². The second kappa shape index (κ2) is 5.02. The van der Waals surface area contributed by atoms with Crippen LogP contribution < -0.4 is 5.32 Å². The number of nitrogens with one attached hydrogen (secondary N) is 1. The molecule has 1 aliphatic rings. The third-order valence-electron chi connectivity index (χ3n) is 3.76. The minimum Gasteiger partial charge on any atom is -0.312 e. The number of fused-ring (bicyclic) bond motifs is 1. The number of benzene rings is 1. The summed E-state index contributed by atoms with van der Waals surface area (Å²) in [5, 5.41) is 3.54. The van der Waals surface area contributed by atoms with Gasteiger partial charge in [-0.2, -0.15) is 0 Å². The molecule has 1 aliphatic carbocycles. The highest BCUT2D eigenvalue weighted by molar-refractivity contribution is 5.74. The van der Waals surface area contributed by atoms with E-state index in [9.17, 15) is 0 Å². The van der Waals surface area contributed by atoms with E-state index in [-0.39, 0.29) is 0 Å². The van der Waals surface area contributed by atoms with E-state index in [2.05, 4.69) is 34.3 Å². The van der Waals surface area contributed by atoms with Gasteiger partial charge in [-0.05, 0) is 48.9 Å². The van der Waals surface area contributed by atoms with Crippen molar-refractivity contribution in [2.45, 2.75) is 26.3 Å². The van der Waals surface area contributed by atoms with Gasteiger partial charge in [0.25, 0.3) is 0 Å². The molecular formula is C15H19N3. The Bertz CT molecular complexity index is 534. The lowest BCUT2D eigenvalue weighted by Crippen LogP contribution is -2.21. The van der Waals surface area contributed by atoms with E-state index in [1.165, 1.54) is 18.4 Å². The predicted octanol–water partition coefficient (Wildman–Crippen LogP) is 2.77. The highest BCUT2D eigenvalue weighted by Crippen LogP contribution is 2.36. The first-order valence-corrected chi connectivity index (χ1v) is 6.73. The van der Waals surface area contributed by atoms with Gasteiger partial charge in [-0.1, -0.05) is 13.0 Å². The first-order valence-electron chi connectivity index (χ1n) is 6.73. The molecule has 94 valence electrons. The lowest BCUT2D eigenvalue weighted by Gasteiger charge is -2.11. The highest BCUT2D eigenvalue weighted by Gasteiger charge is 2.27. The maximum atomic E-state index is 4.33. The lowest BCUT2D eigenvalue weighted by atomic mass is 10.1. The topological polar surface area (TPSA) is 37.8 Å². The first kappa shape index (κ1) is 11.6. The average Bonchev–Trinajstić information content (AvgIpc) is 3.23. The molecule has 0 spiro atoms. The largest absolute Gasteiger partial charge is 0.312 e. The van der Waals surface area contributed by atoms with E-state index in [1.807, 2.05) is 6.07 Å². The van der Waals surface area contributed by atoms with Gasteiger partial charge in [-0.15, -0.1) is 0 Å². The highest BCUT2D eigenvalue weighted by atomic mass is 14.9. The summed E-state index contributed by atoms with van der Waals surface area (Å²) in [7, 11) is 0. The van der Waals surface area contributed by atoms with Crippen molar-refractivity contribution in [3.63, 3.8) is 0 Å². The van der Waals surface area contributed by atoms with Crippen LogP contribution in [0.5, 0.6) is 0 Å². The SMILES string of the molecule is CC(CNCc1ccc2nccnc2c1)C1CC1. The predicted molar refractivity (Wildman–Crippen MR) is 73.1 cm³/mol. The zero-order valence-electron chi connectivity index (χ0n) is 10.8. The zero-order valence-corrected chi connectivity index (χ0v) is 10.8. The molecule has 1 aromatic heterocycles. The van der Waals surface area contributed by atoms with Crippen LogP contribution in [-0.2, 0) is 6.54 Å². The lowest BCUT2D eigenvalue weighted by molar-refractivity contribution is 0.462. The summed E-state index contributed by atoms with van der Waals surface area (Å²) in [6, 6.07) is 6.30. The van der Waals surface area contributed by atoms with Gasteiger partial charge < -0.3 is 5.32 Å². The Hall–Kier alpha value is -1.48. The standard InChI is InChI=1S/C15H19N3/c1-11(13-3-4-13)9-16-10-12-2-5-14-15(8-12)18-7-6-17-14/h2,5-8,11,13,16H,3-4,9-10H2,1H3. The van der Waals surface area contributed by atoms with Gasteiger partial charge in [-0.25, -0.2) is 0 Å². The van der Waals surface area contributed by atoms with Crippen molar-refractivity contribution in [3.8, 4) is 0 Å². The van der Waals surface area contributed by atoms with Gasteiger partial charge in [0.05, 0.1) is 11.0 Å². The maximum Gasteiger partial charge on any atom is 0.0890 e. The van der Waals surface area contributed by atoms with Gasteiger partial charge in [0.15, 0.2) is 0 Å². The zero-order chi connectivity index (χ0) is 12.4. The molecule has 1 heterocycles. The van der Waals surface area contributed by atoms with Crippen molar-refractivity contribution in [1.82, 2.24) is 15.3 Å². The quantitative estimate of drug-likeness (QED) is 0.874. The van der Waals surface area contributed by atoms with Crippen molar-refractivity contribution in [2.75, 3.05) is 6.54 Å². The Kier molecular flexibility index (Phi) is 3.24. The van der Waals surface area contributed by atoms with E-state index in [1.54, 1.807) is 12.4 Å². The van der Waals surface area contributed by atoms with Crippen molar-refractivity contribution in [1.29, 1.82) is 0 Å². The van der Waals surface area contributed by atoms with Crippen LogP contribution in [0.2, 0.25) is 0 Å². The number of nitrogens with zero attached hydrogens (tertiary/aromatic N) is 2. The molecular weight excluding hydrogens is 222 g/mol. The van der Waals surface area contributed by atoms with Crippen LogP contribution in [-0.4, -0.2) is 16.5 Å². The fourth-order valence-corrected chi connectivity index (χ4v) is 2.39. The van der Waals surface area contributed by atoms with Gasteiger partial charge in [-0.3, -0.25) is 9.97 Å². The first-order chi connectivity index (χ1) is 8.83. The van der Waals surface area contributed by atoms with Crippen molar-refractivity contribution in [2.24, 2.45) is 11.8 Å². The Morgan fingerprint density at radius 2 is 2.00 bits per heavy atom. The van der Waals surface area contributed by atoms with Gasteiger partial charge in [0.2, 0.25) is 0 Å². The fraction of sp³-hybridized carbons (Fsp3) is 0.467. The van der Waals surface area contributed by atoms with Crippen LogP contribution in [0.1, 0.15) is 25.3 Å². The maximum absolute atomic E-state index is 4.33. The molecule has 0 saturated heterocycles. The molecule has 1 atom stereocenters. The molecule has 1 saturated carbocycles. The van der Waals surface area contributed by atoms with E-state index < -0.39 is 0 Å². The van der Waals surface area contributed by atoms with Gasteiger partial charge in [0.1, 0.15) is 0 Å². The normalized spacial score (nSPS) is 16.9. The summed E-state index contributed by atoms with van der Waals surface area (Å²) in [6.07, 6.45) is 6.33. The minimum atomic E-state index is 0.810. The molecule has 1 unspecified atom stereocenters. The Morgan fingerprint density at radius 1 is 1.22 bits per heavy atom. The summed E-state index contributed by atoms with van der Waals surface area (Å²) in [5.41, 5.74) is 3.23. The van der Waals surface area contributed by atoms with Crippen LogP contribution >= 0.6 is 0 Å². The molecule has 0 aliphatic heterocycles. The second-order valence-corrected chi connectivity index (χ2v) is 5.33. The second-order valence-electron chi connectivity index (χ2n) is 5.33. The molecule has 0 amide bonds. The van der Waals surface area contributed by atoms with Crippen LogP contribution in [0.4, 0.5) is 0 Å². The summed E-state index contributed by atoms with van der Waals surface area (Å²) >= 11 is 0. The number of aromatic nitrogens is 2. The summed E-state index contributed by atoms with van der Waals surface area (Å²) in [5.74, 6) is 1.78. The minimum absolute atomic E-state index is 0.810. The van der Waals surface area contributed by atoms with Gasteiger partial charge in [0, 0.05) is 18.9 Å². The monoisotopic (exact) mass is 241 g/mol. The third-order valence-corrected chi connectivity index (χ3v) is 3.76. The Morgan fingerprint density at radius 3 is 2.78 bits per heavy atom. The van der Waals surface area contributed by atoms with Crippen LogP contribution in [0.3, 0.4) is 0 Å². The molecule has 3 rings (SSSR count). The molecule has 1 fully saturated rings. The summed E-state index contributed by atoms with van der Waals surface area (Å²) < 4.78 is 0. The molecule has 1 N–H and O–H groups in total. The fourth-order valence-electron chi connectivity index (χ4n) is 2.39. The van der Waals surface area contributed by atoms with Crippen molar-refractivity contribution < 1.29 is 0 Å². The molecule has 0 radical (unpaired) electrons. The van der Waals surface area contributed by atoms with Crippen molar-refractivity contribution in [3.05, 3.63) is 36.2 Å². The van der Waals surface area contributed by atoms with E-state index in [0.29, 0.717) is 0 Å². The Labute approximate surface area is 108 Å². The summed E-state index contributed by atoms with van der Waals surface area (Å²) in [6.45, 7) is 4.38. The number of rotatable bonds is 5. The molecule has 3 nitrogen and oxygen atoms in total. The third kappa shape index (κ3) is 2.67. The number of hydrogen-bond donors (Lipinski definition) is 1. The Balaban J connectivity index is 1.60. The smallest absolute Gasteiger partial charge is 0.0890 e. The van der Waals surface area contributed by atoms with Crippen LogP contribution in [0.15, 0.2) is 30.6 Å². The van der Waals surface area contributed by atoms with Crippen LogP contribution in [0.25, 0.3) is 11.0 Å². The molecule has 18 heavy (non-hydrogen) atoms. The summed E-state index contributed by atoms with van der Waals surface area (Å²) in [4.78, 5) is 8.61. The molecule has 2 aromatic rings. The van der Waals surface area contributed by atoms with E-state index in [0.717, 1.165) is 36.0 Å². The number of hydrogen-bond acceptors (Lipinski definition) is 3. The van der Waals surface area contributed by atoms with Crippen molar-refractivity contribution >= 4 is 11.0 Å². The average molecular weight is 241 g/mol.